The van der Waals surface area contributed by atoms with Gasteiger partial charge in [-0.2, -0.15) is 5.10 Å². The average molecular weight is 411 g/mol. The summed E-state index contributed by atoms with van der Waals surface area (Å²) >= 11 is 5.90. The number of carbonyl (C=O) groups is 1. The third-order valence-corrected chi connectivity index (χ3v) is 4.52. The number of nitrogens with one attached hydrogen (secondary N) is 1. The van der Waals surface area contributed by atoms with Gasteiger partial charge in [-0.25, -0.2) is 13.9 Å². The highest BCUT2D eigenvalue weighted by Gasteiger charge is 2.15. The molecule has 0 aliphatic carbocycles. The summed E-state index contributed by atoms with van der Waals surface area (Å²) in [5.74, 6) is -0.149. The Balaban J connectivity index is 1.63. The quantitative estimate of drug-likeness (QED) is 0.511. The van der Waals surface area contributed by atoms with Crippen LogP contribution in [-0.4, -0.2) is 27.1 Å². The largest absolute Gasteiger partial charge is 0.494 e. The molecule has 0 aliphatic heterocycles. The molecule has 29 heavy (non-hydrogen) atoms. The number of hydrogen-bond acceptors (Lipinski definition) is 4. The molecule has 146 valence electrons. The third-order valence-electron chi connectivity index (χ3n) is 4.23. The van der Waals surface area contributed by atoms with Gasteiger partial charge in [0.2, 0.25) is 0 Å². The molecule has 0 aliphatic rings. The van der Waals surface area contributed by atoms with Gasteiger partial charge in [-0.05, 0) is 55.5 Å². The van der Waals surface area contributed by atoms with Gasteiger partial charge in [0.1, 0.15) is 11.6 Å². The van der Waals surface area contributed by atoms with Gasteiger partial charge in [-0.1, -0.05) is 11.6 Å². The molecule has 2 aromatic carbocycles. The number of ether oxygens (including phenoxy) is 1. The molecule has 0 atom stereocenters. The molecule has 4 rings (SSSR count). The Morgan fingerprint density at radius 2 is 1.97 bits per heavy atom. The van der Waals surface area contributed by atoms with Crippen molar-refractivity contribution in [3.63, 3.8) is 0 Å². The molecule has 0 bridgehead atoms. The van der Waals surface area contributed by atoms with Crippen LogP contribution in [0.4, 0.5) is 10.1 Å². The number of benzene rings is 2. The van der Waals surface area contributed by atoms with E-state index in [1.165, 1.54) is 16.6 Å². The standard InChI is InChI=1S/C21H16ClFN4O2/c1-2-29-15-6-4-14(5-7-15)25-21(28)18-12-20-24-10-9-19(27(20)26-18)13-3-8-17(23)16(22)11-13/h3-12H,2H2,1H3,(H,25,28). The molecule has 2 heterocycles. The molecule has 2 aromatic heterocycles. The van der Waals surface area contributed by atoms with Gasteiger partial charge >= 0.3 is 0 Å². The molecule has 0 saturated heterocycles. The first-order valence-corrected chi connectivity index (χ1v) is 9.27. The van der Waals surface area contributed by atoms with Gasteiger partial charge in [-0.15, -0.1) is 0 Å². The van der Waals surface area contributed by atoms with E-state index in [1.54, 1.807) is 48.7 Å². The molecule has 8 heteroatoms. The van der Waals surface area contributed by atoms with E-state index < -0.39 is 5.82 Å². The molecule has 1 amide bonds. The van der Waals surface area contributed by atoms with E-state index in [1.807, 2.05) is 6.92 Å². The van der Waals surface area contributed by atoms with Crippen LogP contribution in [0.25, 0.3) is 16.9 Å². The van der Waals surface area contributed by atoms with Crippen molar-refractivity contribution in [1.29, 1.82) is 0 Å². The summed E-state index contributed by atoms with van der Waals surface area (Å²) in [5.41, 5.74) is 2.60. The highest BCUT2D eigenvalue weighted by atomic mass is 35.5. The maximum absolute atomic E-state index is 13.5. The third kappa shape index (κ3) is 3.90. The van der Waals surface area contributed by atoms with Gasteiger partial charge in [0.15, 0.2) is 11.3 Å². The molecular formula is C21H16ClFN4O2. The lowest BCUT2D eigenvalue weighted by molar-refractivity contribution is 0.102. The first kappa shape index (κ1) is 18.9. The zero-order chi connectivity index (χ0) is 20.4. The minimum Gasteiger partial charge on any atom is -0.494 e. The second kappa shape index (κ2) is 7.89. The number of amides is 1. The van der Waals surface area contributed by atoms with Crippen LogP contribution in [0.1, 0.15) is 17.4 Å². The minimum atomic E-state index is -0.503. The van der Waals surface area contributed by atoms with E-state index in [4.69, 9.17) is 16.3 Å². The summed E-state index contributed by atoms with van der Waals surface area (Å²) in [6.07, 6.45) is 1.59. The lowest BCUT2D eigenvalue weighted by Gasteiger charge is -2.06. The summed E-state index contributed by atoms with van der Waals surface area (Å²) < 4.78 is 20.4. The molecule has 1 N–H and O–H groups in total. The Hall–Kier alpha value is -3.45. The van der Waals surface area contributed by atoms with Crippen LogP contribution in [0.3, 0.4) is 0 Å². The van der Waals surface area contributed by atoms with Gasteiger partial charge < -0.3 is 10.1 Å². The van der Waals surface area contributed by atoms with E-state index in [-0.39, 0.29) is 16.6 Å². The maximum atomic E-state index is 13.5. The molecule has 0 radical (unpaired) electrons. The highest BCUT2D eigenvalue weighted by Crippen LogP contribution is 2.25. The molecule has 0 unspecified atom stereocenters. The number of anilines is 1. The number of nitrogens with zero attached hydrogens (tertiary/aromatic N) is 3. The van der Waals surface area contributed by atoms with Crippen molar-refractivity contribution >= 4 is 28.8 Å². The summed E-state index contributed by atoms with van der Waals surface area (Å²) in [7, 11) is 0. The van der Waals surface area contributed by atoms with Crippen LogP contribution < -0.4 is 10.1 Å². The Morgan fingerprint density at radius 1 is 1.17 bits per heavy atom. The van der Waals surface area contributed by atoms with Gasteiger partial charge in [0.05, 0.1) is 17.3 Å². The fourth-order valence-electron chi connectivity index (χ4n) is 2.88. The van der Waals surface area contributed by atoms with E-state index >= 15 is 0 Å². The molecule has 0 fully saturated rings. The number of halogens is 2. The Labute approximate surface area is 170 Å². The van der Waals surface area contributed by atoms with Crippen LogP contribution in [-0.2, 0) is 0 Å². The number of carbonyl (C=O) groups excluding carboxylic acids is 1. The lowest BCUT2D eigenvalue weighted by Crippen LogP contribution is -2.12. The average Bonchev–Trinajstić information content (AvgIpc) is 3.16. The number of rotatable bonds is 5. The molecule has 4 aromatic rings. The van der Waals surface area contributed by atoms with Crippen LogP contribution in [0.2, 0.25) is 5.02 Å². The molecule has 6 nitrogen and oxygen atoms in total. The predicted molar refractivity (Wildman–Crippen MR) is 109 cm³/mol. The molecular weight excluding hydrogens is 395 g/mol. The zero-order valence-electron chi connectivity index (χ0n) is 15.4. The van der Waals surface area contributed by atoms with E-state index in [2.05, 4.69) is 15.4 Å². The predicted octanol–water partition coefficient (Wildman–Crippen LogP) is 4.84. The normalized spacial score (nSPS) is 10.9. The highest BCUT2D eigenvalue weighted by molar-refractivity contribution is 6.31. The van der Waals surface area contributed by atoms with Crippen molar-refractivity contribution in [2.75, 3.05) is 11.9 Å². The zero-order valence-corrected chi connectivity index (χ0v) is 16.2. The monoisotopic (exact) mass is 410 g/mol. The van der Waals surface area contributed by atoms with Crippen LogP contribution in [0, 0.1) is 5.82 Å². The first-order chi connectivity index (χ1) is 14.0. The SMILES string of the molecule is CCOc1ccc(NC(=O)c2cc3nccc(-c4ccc(F)c(Cl)c4)n3n2)cc1. The van der Waals surface area contributed by atoms with E-state index in [9.17, 15) is 9.18 Å². The summed E-state index contributed by atoms with van der Waals surface area (Å²) in [6.45, 7) is 2.48. The Bertz CT molecular complexity index is 1190. The minimum absolute atomic E-state index is 0.00749. The van der Waals surface area contributed by atoms with Crippen molar-refractivity contribution in [3.05, 3.63) is 77.3 Å². The summed E-state index contributed by atoms with van der Waals surface area (Å²) in [5, 5.41) is 7.17. The number of hydrogen-bond donors (Lipinski definition) is 1. The van der Waals surface area contributed by atoms with Gasteiger partial charge in [0, 0.05) is 23.5 Å². The van der Waals surface area contributed by atoms with E-state index in [0.29, 0.717) is 29.2 Å². The number of fused-ring (bicyclic) bond motifs is 1. The van der Waals surface area contributed by atoms with Crippen molar-refractivity contribution in [1.82, 2.24) is 14.6 Å². The van der Waals surface area contributed by atoms with Gasteiger partial charge in [0.25, 0.3) is 5.91 Å². The maximum Gasteiger partial charge on any atom is 0.276 e. The fourth-order valence-corrected chi connectivity index (χ4v) is 3.06. The van der Waals surface area contributed by atoms with Crippen molar-refractivity contribution < 1.29 is 13.9 Å². The molecule has 0 spiro atoms. The fraction of sp³-hybridized carbons (Fsp3) is 0.0952. The van der Waals surface area contributed by atoms with Crippen molar-refractivity contribution in [3.8, 4) is 17.0 Å². The number of aromatic nitrogens is 3. The van der Waals surface area contributed by atoms with Crippen LogP contribution >= 0.6 is 11.6 Å². The van der Waals surface area contributed by atoms with E-state index in [0.717, 1.165) is 5.75 Å². The lowest BCUT2D eigenvalue weighted by atomic mass is 10.1. The molecule has 0 saturated carbocycles. The Morgan fingerprint density at radius 3 is 2.69 bits per heavy atom. The first-order valence-electron chi connectivity index (χ1n) is 8.89. The Kier molecular flexibility index (Phi) is 5.14. The van der Waals surface area contributed by atoms with Crippen LogP contribution in [0.5, 0.6) is 5.75 Å². The summed E-state index contributed by atoms with van der Waals surface area (Å²) in [4.78, 5) is 16.9. The van der Waals surface area contributed by atoms with Crippen molar-refractivity contribution in [2.45, 2.75) is 6.92 Å². The van der Waals surface area contributed by atoms with Crippen molar-refractivity contribution in [2.24, 2.45) is 0 Å². The smallest absolute Gasteiger partial charge is 0.276 e. The topological polar surface area (TPSA) is 68.5 Å². The second-order valence-corrected chi connectivity index (χ2v) is 6.58. The van der Waals surface area contributed by atoms with Gasteiger partial charge in [-0.3, -0.25) is 4.79 Å². The summed E-state index contributed by atoms with van der Waals surface area (Å²) in [6, 6.07) is 14.8. The van der Waals surface area contributed by atoms with Crippen LogP contribution in [0.15, 0.2) is 60.8 Å². The second-order valence-electron chi connectivity index (χ2n) is 6.17.